The smallest absolute Gasteiger partial charge is 0.412 e. The lowest BCUT2D eigenvalue weighted by Gasteiger charge is -2.15. The third-order valence-corrected chi connectivity index (χ3v) is 6.62. The van der Waals surface area contributed by atoms with Gasteiger partial charge in [-0.3, -0.25) is 10.1 Å². The fourth-order valence-electron chi connectivity index (χ4n) is 3.87. The summed E-state index contributed by atoms with van der Waals surface area (Å²) in [5.41, 5.74) is 5.29. The number of allylic oxidation sites excluding steroid dienone is 4. The highest BCUT2D eigenvalue weighted by Gasteiger charge is 2.17. The maximum Gasteiger partial charge on any atom is 0.412 e. The van der Waals surface area contributed by atoms with Gasteiger partial charge >= 0.3 is 6.09 Å². The molecule has 0 saturated heterocycles. The Morgan fingerprint density at radius 3 is 2.46 bits per heavy atom. The average Bonchev–Trinajstić information content (AvgIpc) is 2.92. The Labute approximate surface area is 220 Å². The standard InChI is InChI=1S/C30H27N3O3S/c1-36-30(35)33-29(37-20-21-9-4-2-5-10-21)32-26-15-16-27(28(34)23-12-6-3-7-13-23)24(19-26)17-22-11-8-14-25(31)18-22/h2-16,19,31H,17-18,20H2,1H3,(H,32,33,35). The van der Waals surface area contributed by atoms with Crippen LogP contribution < -0.4 is 5.32 Å². The number of carbonyl (C=O) groups excluding carboxylic acids is 2. The molecule has 7 heteroatoms. The molecule has 1 amide bonds. The van der Waals surface area contributed by atoms with Crippen LogP contribution in [0.15, 0.2) is 108 Å². The Bertz CT molecular complexity index is 1380. The molecule has 0 radical (unpaired) electrons. The van der Waals surface area contributed by atoms with Gasteiger partial charge in [-0.05, 0) is 41.8 Å². The molecule has 0 heterocycles. The molecular formula is C30H27N3O3S. The molecule has 0 bridgehead atoms. The zero-order chi connectivity index (χ0) is 26.0. The Hall–Kier alpha value is -4.23. The molecule has 0 aromatic heterocycles. The normalized spacial score (nSPS) is 13.2. The van der Waals surface area contributed by atoms with Gasteiger partial charge in [-0.15, -0.1) is 0 Å². The van der Waals surface area contributed by atoms with Crippen molar-refractivity contribution in [3.8, 4) is 0 Å². The van der Waals surface area contributed by atoms with Gasteiger partial charge in [0.25, 0.3) is 0 Å². The summed E-state index contributed by atoms with van der Waals surface area (Å²) in [6.07, 6.45) is 6.07. The molecule has 0 fully saturated rings. The molecule has 3 aromatic carbocycles. The van der Waals surface area contributed by atoms with Gasteiger partial charge in [-0.1, -0.05) is 90.2 Å². The van der Waals surface area contributed by atoms with Crippen LogP contribution in [0.2, 0.25) is 0 Å². The minimum absolute atomic E-state index is 0.0699. The van der Waals surface area contributed by atoms with Crippen LogP contribution in [0.5, 0.6) is 0 Å². The van der Waals surface area contributed by atoms with Crippen molar-refractivity contribution in [1.82, 2.24) is 5.32 Å². The molecular weight excluding hydrogens is 482 g/mol. The first-order valence-electron chi connectivity index (χ1n) is 11.8. The van der Waals surface area contributed by atoms with Gasteiger partial charge < -0.3 is 10.1 Å². The van der Waals surface area contributed by atoms with Crippen molar-refractivity contribution < 1.29 is 14.3 Å². The Morgan fingerprint density at radius 2 is 1.76 bits per heavy atom. The van der Waals surface area contributed by atoms with Crippen LogP contribution in [0.3, 0.4) is 0 Å². The van der Waals surface area contributed by atoms with Gasteiger partial charge in [0, 0.05) is 29.0 Å². The molecule has 2 N–H and O–H groups in total. The van der Waals surface area contributed by atoms with E-state index in [-0.39, 0.29) is 5.78 Å². The predicted molar refractivity (Wildman–Crippen MR) is 150 cm³/mol. The summed E-state index contributed by atoms with van der Waals surface area (Å²) >= 11 is 1.38. The van der Waals surface area contributed by atoms with E-state index in [1.807, 2.05) is 66.7 Å². The van der Waals surface area contributed by atoms with E-state index in [0.717, 1.165) is 16.7 Å². The fraction of sp³-hybridized carbons (Fsp3) is 0.133. The van der Waals surface area contributed by atoms with Crippen LogP contribution in [-0.4, -0.2) is 29.9 Å². The van der Waals surface area contributed by atoms with Crippen molar-refractivity contribution in [1.29, 1.82) is 5.41 Å². The number of amides is 1. The van der Waals surface area contributed by atoms with Crippen LogP contribution >= 0.6 is 11.8 Å². The number of hydrogen-bond donors (Lipinski definition) is 2. The van der Waals surface area contributed by atoms with Gasteiger partial charge in [0.2, 0.25) is 0 Å². The van der Waals surface area contributed by atoms with E-state index in [2.05, 4.69) is 10.3 Å². The molecule has 0 aliphatic heterocycles. The number of nitrogens with zero attached hydrogens (tertiary/aromatic N) is 1. The minimum atomic E-state index is -0.604. The summed E-state index contributed by atoms with van der Waals surface area (Å²) in [5, 5.41) is 11.1. The zero-order valence-corrected chi connectivity index (χ0v) is 21.3. The number of nitrogens with one attached hydrogen (secondary N) is 2. The second-order valence-electron chi connectivity index (χ2n) is 8.41. The van der Waals surface area contributed by atoms with Gasteiger partial charge in [0.05, 0.1) is 12.8 Å². The number of aliphatic imine (C=N–C) groups is 1. The summed E-state index contributed by atoms with van der Waals surface area (Å²) in [7, 11) is 1.31. The highest BCUT2D eigenvalue weighted by atomic mass is 32.2. The predicted octanol–water partition coefficient (Wildman–Crippen LogP) is 6.64. The van der Waals surface area contributed by atoms with Crippen molar-refractivity contribution in [2.24, 2.45) is 4.99 Å². The summed E-state index contributed by atoms with van der Waals surface area (Å²) in [6.45, 7) is 0. The lowest BCUT2D eigenvalue weighted by atomic mass is 9.91. The number of rotatable bonds is 7. The van der Waals surface area contributed by atoms with E-state index in [1.54, 1.807) is 30.3 Å². The number of ether oxygens (including phenoxy) is 1. The molecule has 1 aliphatic rings. The quantitative estimate of drug-likeness (QED) is 0.212. The van der Waals surface area contributed by atoms with Crippen LogP contribution in [0.1, 0.15) is 33.5 Å². The van der Waals surface area contributed by atoms with Crippen LogP contribution in [0.4, 0.5) is 10.5 Å². The average molecular weight is 510 g/mol. The van der Waals surface area contributed by atoms with E-state index in [1.165, 1.54) is 18.9 Å². The molecule has 1 aliphatic carbocycles. The summed E-state index contributed by atoms with van der Waals surface area (Å²) in [4.78, 5) is 30.0. The Kier molecular flexibility index (Phi) is 8.84. The molecule has 4 rings (SSSR count). The summed E-state index contributed by atoms with van der Waals surface area (Å²) in [5.74, 6) is 0.544. The Morgan fingerprint density at radius 1 is 1.03 bits per heavy atom. The second-order valence-corrected chi connectivity index (χ2v) is 9.37. The van der Waals surface area contributed by atoms with Gasteiger partial charge in [0.1, 0.15) is 0 Å². The molecule has 186 valence electrons. The number of methoxy groups -OCH3 is 1. The van der Waals surface area contributed by atoms with Crippen molar-refractivity contribution in [2.45, 2.75) is 18.6 Å². The van der Waals surface area contributed by atoms with Crippen molar-refractivity contribution in [3.05, 3.63) is 125 Å². The first-order chi connectivity index (χ1) is 18.0. The lowest BCUT2D eigenvalue weighted by Crippen LogP contribution is -2.28. The monoisotopic (exact) mass is 509 g/mol. The van der Waals surface area contributed by atoms with E-state index < -0.39 is 6.09 Å². The van der Waals surface area contributed by atoms with Crippen molar-refractivity contribution in [2.75, 3.05) is 7.11 Å². The number of amidine groups is 1. The van der Waals surface area contributed by atoms with Crippen LogP contribution in [0, 0.1) is 5.41 Å². The largest absolute Gasteiger partial charge is 0.453 e. The van der Waals surface area contributed by atoms with E-state index in [0.29, 0.717) is 46.3 Å². The first kappa shape index (κ1) is 25.9. The number of alkyl carbamates (subject to hydrolysis) is 1. The summed E-state index contributed by atoms with van der Waals surface area (Å²) in [6, 6.07) is 24.5. The number of benzene rings is 3. The molecule has 0 saturated carbocycles. The maximum atomic E-state index is 13.4. The molecule has 6 nitrogen and oxygen atoms in total. The number of ketones is 1. The van der Waals surface area contributed by atoms with Crippen LogP contribution in [-0.2, 0) is 16.9 Å². The van der Waals surface area contributed by atoms with Crippen molar-refractivity contribution >= 4 is 40.2 Å². The topological polar surface area (TPSA) is 91.6 Å². The molecule has 0 spiro atoms. The lowest BCUT2D eigenvalue weighted by molar-refractivity contribution is 0.103. The highest BCUT2D eigenvalue weighted by Crippen LogP contribution is 2.27. The second kappa shape index (κ2) is 12.6. The van der Waals surface area contributed by atoms with E-state index >= 15 is 0 Å². The van der Waals surface area contributed by atoms with Gasteiger partial charge in [-0.2, -0.15) is 0 Å². The maximum absolute atomic E-state index is 13.4. The third-order valence-electron chi connectivity index (χ3n) is 5.68. The van der Waals surface area contributed by atoms with Crippen molar-refractivity contribution in [3.63, 3.8) is 0 Å². The number of carbonyl (C=O) groups is 2. The number of hydrogen-bond acceptors (Lipinski definition) is 6. The third kappa shape index (κ3) is 7.38. The van der Waals surface area contributed by atoms with E-state index in [9.17, 15) is 9.59 Å². The number of thioether (sulfide) groups is 1. The first-order valence-corrected chi connectivity index (χ1v) is 12.8. The highest BCUT2D eigenvalue weighted by molar-refractivity contribution is 8.13. The van der Waals surface area contributed by atoms with Gasteiger partial charge in [0.15, 0.2) is 11.0 Å². The minimum Gasteiger partial charge on any atom is -0.453 e. The molecule has 3 aromatic rings. The van der Waals surface area contributed by atoms with E-state index in [4.69, 9.17) is 10.1 Å². The summed E-state index contributed by atoms with van der Waals surface area (Å²) < 4.78 is 4.78. The van der Waals surface area contributed by atoms with Crippen LogP contribution in [0.25, 0.3) is 0 Å². The van der Waals surface area contributed by atoms with Gasteiger partial charge in [-0.25, -0.2) is 9.79 Å². The Balaban J connectivity index is 1.68. The molecule has 0 unspecified atom stereocenters. The fourth-order valence-corrected chi connectivity index (χ4v) is 4.69. The zero-order valence-electron chi connectivity index (χ0n) is 20.4. The SMILES string of the molecule is COC(=O)NC(=Nc1ccc(C(=O)c2ccccc2)c(CC2=CC=CC(=N)C2)c1)SCc1ccccc1. The molecule has 37 heavy (non-hydrogen) atoms. The molecule has 0 atom stereocenters.